The van der Waals surface area contributed by atoms with Crippen molar-refractivity contribution in [1.29, 1.82) is 0 Å². The molecule has 0 fully saturated rings. The molecule has 4 rings (SSSR count). The number of carbonyl (C=O) groups excluding carboxylic acids is 1. The predicted octanol–water partition coefficient (Wildman–Crippen LogP) is 1.84. The Balaban J connectivity index is 1.39. The van der Waals surface area contributed by atoms with Gasteiger partial charge in [-0.25, -0.2) is 0 Å². The molecule has 8 heteroatoms. The zero-order valence-corrected chi connectivity index (χ0v) is 15.2. The van der Waals surface area contributed by atoms with Gasteiger partial charge in [0.2, 0.25) is 5.91 Å². The normalized spacial score (nSPS) is 16.9. The van der Waals surface area contributed by atoms with Crippen molar-refractivity contribution in [2.45, 2.75) is 39.0 Å². The fraction of sp³-hybridized carbons (Fsp3) is 0.368. The number of aryl methyl sites for hydroxylation is 1. The van der Waals surface area contributed by atoms with E-state index in [-0.39, 0.29) is 11.9 Å². The first kappa shape index (κ1) is 17.4. The molecule has 1 N–H and O–H groups in total. The Morgan fingerprint density at radius 3 is 3.07 bits per heavy atom. The molecule has 0 spiro atoms. The van der Waals surface area contributed by atoms with Crippen molar-refractivity contribution < 1.29 is 9.32 Å². The van der Waals surface area contributed by atoms with Crippen LogP contribution in [-0.2, 0) is 24.4 Å². The van der Waals surface area contributed by atoms with E-state index in [4.69, 9.17) is 4.52 Å². The van der Waals surface area contributed by atoms with Crippen molar-refractivity contribution in [3.63, 3.8) is 0 Å². The van der Waals surface area contributed by atoms with Crippen molar-refractivity contribution in [3.8, 4) is 0 Å². The van der Waals surface area contributed by atoms with E-state index in [0.29, 0.717) is 19.5 Å². The maximum absolute atomic E-state index is 12.5. The number of rotatable bonds is 6. The van der Waals surface area contributed by atoms with Crippen molar-refractivity contribution in [3.05, 3.63) is 65.6 Å². The molecule has 1 aliphatic rings. The molecule has 3 aromatic heterocycles. The number of hydrogen-bond donors (Lipinski definition) is 1. The monoisotopic (exact) mass is 366 g/mol. The Morgan fingerprint density at radius 2 is 2.30 bits per heavy atom. The van der Waals surface area contributed by atoms with E-state index >= 15 is 0 Å². The summed E-state index contributed by atoms with van der Waals surface area (Å²) in [6, 6.07) is 7.75. The van der Waals surface area contributed by atoms with Crippen LogP contribution in [0.4, 0.5) is 0 Å². The van der Waals surface area contributed by atoms with Gasteiger partial charge < -0.3 is 9.84 Å². The lowest BCUT2D eigenvalue weighted by molar-refractivity contribution is -0.122. The van der Waals surface area contributed by atoms with E-state index in [1.165, 1.54) is 0 Å². The second kappa shape index (κ2) is 7.71. The lowest BCUT2D eigenvalue weighted by Crippen LogP contribution is -2.39. The van der Waals surface area contributed by atoms with Gasteiger partial charge in [0.15, 0.2) is 0 Å². The largest absolute Gasteiger partial charge is 0.361 e. The third-order valence-corrected chi connectivity index (χ3v) is 4.65. The Kier molecular flexibility index (Phi) is 4.97. The zero-order chi connectivity index (χ0) is 18.6. The molecule has 0 bridgehead atoms. The molecule has 4 heterocycles. The molecule has 8 nitrogen and oxygen atoms in total. The molecule has 1 unspecified atom stereocenters. The number of amides is 1. The molecule has 1 atom stereocenters. The average Bonchev–Trinajstić information content (AvgIpc) is 3.30. The highest BCUT2D eigenvalue weighted by atomic mass is 16.5. The summed E-state index contributed by atoms with van der Waals surface area (Å²) in [6.45, 7) is 4.57. The Morgan fingerprint density at radius 1 is 1.37 bits per heavy atom. The molecule has 0 radical (unpaired) electrons. The summed E-state index contributed by atoms with van der Waals surface area (Å²) < 4.78 is 7.13. The molecule has 0 saturated carbocycles. The maximum atomic E-state index is 12.5. The van der Waals surface area contributed by atoms with E-state index in [1.54, 1.807) is 18.6 Å². The van der Waals surface area contributed by atoms with Gasteiger partial charge in [-0.2, -0.15) is 5.10 Å². The molecular formula is C19H22N6O2. The molecule has 140 valence electrons. The van der Waals surface area contributed by atoms with E-state index in [9.17, 15) is 4.79 Å². The molecule has 1 amide bonds. The number of aromatic nitrogens is 4. The van der Waals surface area contributed by atoms with Crippen molar-refractivity contribution in [2.24, 2.45) is 0 Å². The van der Waals surface area contributed by atoms with Gasteiger partial charge in [-0.05, 0) is 24.6 Å². The van der Waals surface area contributed by atoms with Crippen LogP contribution in [0.25, 0.3) is 0 Å². The summed E-state index contributed by atoms with van der Waals surface area (Å²) in [7, 11) is 0. The van der Waals surface area contributed by atoms with E-state index < -0.39 is 0 Å². The number of pyridine rings is 1. The van der Waals surface area contributed by atoms with Crippen molar-refractivity contribution in [1.82, 2.24) is 30.1 Å². The fourth-order valence-corrected chi connectivity index (χ4v) is 3.45. The molecule has 3 aromatic rings. The summed E-state index contributed by atoms with van der Waals surface area (Å²) in [5.41, 5.74) is 2.99. The van der Waals surface area contributed by atoms with Crippen LogP contribution >= 0.6 is 0 Å². The van der Waals surface area contributed by atoms with Gasteiger partial charge in [-0.3, -0.25) is 19.4 Å². The van der Waals surface area contributed by atoms with E-state index in [1.807, 2.05) is 35.9 Å². The Labute approximate surface area is 157 Å². The minimum absolute atomic E-state index is 0.00411. The van der Waals surface area contributed by atoms with Crippen molar-refractivity contribution >= 4 is 5.91 Å². The number of fused-ring (bicyclic) bond motifs is 1. The number of hydrogen-bond acceptors (Lipinski definition) is 6. The Bertz CT molecular complexity index is 904. The third kappa shape index (κ3) is 4.22. The molecule has 1 aliphatic heterocycles. The van der Waals surface area contributed by atoms with Gasteiger partial charge in [-0.15, -0.1) is 0 Å². The topological polar surface area (TPSA) is 89.1 Å². The van der Waals surface area contributed by atoms with Crippen LogP contribution in [0, 0.1) is 6.92 Å². The second-order valence-corrected chi connectivity index (χ2v) is 6.86. The van der Waals surface area contributed by atoms with Gasteiger partial charge >= 0.3 is 0 Å². The number of nitrogens with zero attached hydrogens (tertiary/aromatic N) is 5. The van der Waals surface area contributed by atoms with Crippen LogP contribution in [0.15, 0.2) is 47.4 Å². The third-order valence-electron chi connectivity index (χ3n) is 4.65. The van der Waals surface area contributed by atoms with Crippen LogP contribution in [0.5, 0.6) is 0 Å². The second-order valence-electron chi connectivity index (χ2n) is 6.86. The van der Waals surface area contributed by atoms with Gasteiger partial charge in [0.05, 0.1) is 23.9 Å². The smallest absolute Gasteiger partial charge is 0.222 e. The van der Waals surface area contributed by atoms with Crippen LogP contribution < -0.4 is 5.32 Å². The summed E-state index contributed by atoms with van der Waals surface area (Å²) >= 11 is 0. The first-order chi connectivity index (χ1) is 13.2. The summed E-state index contributed by atoms with van der Waals surface area (Å²) in [4.78, 5) is 18.8. The fourth-order valence-electron chi connectivity index (χ4n) is 3.45. The lowest BCUT2D eigenvalue weighted by Gasteiger charge is -2.33. The number of nitrogens with one attached hydrogen (secondary N) is 1. The molecule has 0 aromatic carbocycles. The minimum atomic E-state index is -0.00866. The molecule has 0 saturated heterocycles. The first-order valence-electron chi connectivity index (χ1n) is 9.00. The highest BCUT2D eigenvalue weighted by Gasteiger charge is 2.27. The van der Waals surface area contributed by atoms with Crippen LogP contribution in [0.2, 0.25) is 0 Å². The summed E-state index contributed by atoms with van der Waals surface area (Å²) in [5, 5.41) is 11.5. The molecule has 0 aliphatic carbocycles. The first-order valence-corrected chi connectivity index (χ1v) is 9.00. The highest BCUT2D eigenvalue weighted by Crippen LogP contribution is 2.24. The van der Waals surface area contributed by atoms with Crippen LogP contribution in [-0.4, -0.2) is 37.3 Å². The highest BCUT2D eigenvalue weighted by molar-refractivity contribution is 5.76. The quantitative estimate of drug-likeness (QED) is 0.716. The standard InChI is InChI=1S/C19H22N6O2/c1-14-7-16(23-27-14)11-24-12-17-4-6-22-25(17)18(13-24)8-19(26)21-10-15-3-2-5-20-9-15/h2-7,9,18H,8,10-13H2,1H3,(H,21,26). The van der Waals surface area contributed by atoms with Gasteiger partial charge in [0.1, 0.15) is 5.76 Å². The SMILES string of the molecule is Cc1cc(CN2Cc3ccnn3C(CC(=O)NCc3cccnc3)C2)no1. The van der Waals surface area contributed by atoms with Gasteiger partial charge in [-0.1, -0.05) is 11.2 Å². The van der Waals surface area contributed by atoms with Crippen molar-refractivity contribution in [2.75, 3.05) is 6.54 Å². The molecular weight excluding hydrogens is 344 g/mol. The number of carbonyl (C=O) groups is 1. The van der Waals surface area contributed by atoms with Crippen LogP contribution in [0.1, 0.15) is 35.2 Å². The Hall–Kier alpha value is -3.00. The maximum Gasteiger partial charge on any atom is 0.222 e. The summed E-state index contributed by atoms with van der Waals surface area (Å²) in [6.07, 6.45) is 5.65. The van der Waals surface area contributed by atoms with Gasteiger partial charge in [0, 0.05) is 50.8 Å². The predicted molar refractivity (Wildman–Crippen MR) is 97.3 cm³/mol. The van der Waals surface area contributed by atoms with E-state index in [2.05, 4.69) is 25.5 Å². The average molecular weight is 366 g/mol. The van der Waals surface area contributed by atoms with Gasteiger partial charge in [0.25, 0.3) is 0 Å². The molecule has 27 heavy (non-hydrogen) atoms. The minimum Gasteiger partial charge on any atom is -0.361 e. The summed E-state index contributed by atoms with van der Waals surface area (Å²) in [5.74, 6) is 0.808. The zero-order valence-electron chi connectivity index (χ0n) is 15.2. The van der Waals surface area contributed by atoms with Crippen LogP contribution in [0.3, 0.4) is 0 Å². The lowest BCUT2D eigenvalue weighted by atomic mass is 10.1. The van der Waals surface area contributed by atoms with E-state index in [0.717, 1.165) is 35.8 Å².